The molecular formula is C25H19BrF2N2O2. The highest BCUT2D eigenvalue weighted by atomic mass is 79.9. The number of aryl methyl sites for hydroxylation is 1. The van der Waals surface area contributed by atoms with Gasteiger partial charge in [0.1, 0.15) is 24.0 Å². The van der Waals surface area contributed by atoms with Gasteiger partial charge in [0.25, 0.3) is 0 Å². The number of aromatic nitrogens is 1. The molecule has 0 saturated heterocycles. The minimum absolute atomic E-state index is 0.0479. The zero-order valence-corrected chi connectivity index (χ0v) is 18.7. The quantitative estimate of drug-likeness (QED) is 0.346. The zero-order chi connectivity index (χ0) is 22.8. The van der Waals surface area contributed by atoms with Gasteiger partial charge in [0.05, 0.1) is 5.69 Å². The van der Waals surface area contributed by atoms with Crippen LogP contribution in [0.5, 0.6) is 5.75 Å². The van der Waals surface area contributed by atoms with Crippen LogP contribution in [0.1, 0.15) is 21.6 Å². The highest BCUT2D eigenvalue weighted by Crippen LogP contribution is 2.36. The third kappa shape index (κ3) is 4.43. The summed E-state index contributed by atoms with van der Waals surface area (Å²) >= 11 is 3.50. The fourth-order valence-electron chi connectivity index (χ4n) is 3.49. The molecule has 1 amide bonds. The van der Waals surface area contributed by atoms with Gasteiger partial charge in [-0.2, -0.15) is 0 Å². The molecule has 1 aromatic heterocycles. The molecule has 0 atom stereocenters. The predicted molar refractivity (Wildman–Crippen MR) is 123 cm³/mol. The average Bonchev–Trinajstić information content (AvgIpc) is 3.15. The van der Waals surface area contributed by atoms with Crippen LogP contribution < -0.4 is 10.5 Å². The second-order valence-corrected chi connectivity index (χ2v) is 8.19. The Labute approximate surface area is 192 Å². The molecule has 3 aromatic carbocycles. The number of primary amides is 1. The minimum Gasteiger partial charge on any atom is -0.488 e. The Morgan fingerprint density at radius 3 is 2.44 bits per heavy atom. The summed E-state index contributed by atoms with van der Waals surface area (Å²) in [6, 6.07) is 19.9. The summed E-state index contributed by atoms with van der Waals surface area (Å²) in [6.45, 7) is 1.92. The van der Waals surface area contributed by atoms with Crippen molar-refractivity contribution in [3.8, 4) is 22.7 Å². The number of benzene rings is 3. The molecule has 0 fully saturated rings. The molecule has 32 heavy (non-hydrogen) atoms. The molecule has 0 aliphatic heterocycles. The Morgan fingerprint density at radius 1 is 1.00 bits per heavy atom. The van der Waals surface area contributed by atoms with Crippen molar-refractivity contribution in [3.63, 3.8) is 0 Å². The molecule has 162 valence electrons. The Balaban J connectivity index is 1.73. The van der Waals surface area contributed by atoms with Crippen LogP contribution in [0.3, 0.4) is 0 Å². The molecule has 0 aliphatic rings. The summed E-state index contributed by atoms with van der Waals surface area (Å²) in [5.74, 6) is -1.23. The van der Waals surface area contributed by atoms with Gasteiger partial charge in [-0.3, -0.25) is 4.79 Å². The monoisotopic (exact) mass is 496 g/mol. The normalized spacial score (nSPS) is 10.9. The van der Waals surface area contributed by atoms with E-state index < -0.39 is 17.5 Å². The first-order valence-electron chi connectivity index (χ1n) is 9.79. The van der Waals surface area contributed by atoms with Gasteiger partial charge in [-0.1, -0.05) is 15.9 Å². The number of nitrogens with zero attached hydrogens (tertiary/aromatic N) is 1. The summed E-state index contributed by atoms with van der Waals surface area (Å²) in [5.41, 5.74) is 9.50. The van der Waals surface area contributed by atoms with Crippen molar-refractivity contribution in [2.24, 2.45) is 5.73 Å². The fourth-order valence-corrected chi connectivity index (χ4v) is 3.85. The van der Waals surface area contributed by atoms with E-state index in [0.717, 1.165) is 33.2 Å². The molecule has 0 unspecified atom stereocenters. The van der Waals surface area contributed by atoms with E-state index in [1.54, 1.807) is 18.2 Å². The Bertz CT molecular complexity index is 1300. The highest BCUT2D eigenvalue weighted by Gasteiger charge is 2.16. The molecule has 1 heterocycles. The number of carbonyl (C=O) groups is 1. The molecule has 4 rings (SSSR count). The number of halogens is 3. The lowest BCUT2D eigenvalue weighted by Gasteiger charge is -2.16. The largest absolute Gasteiger partial charge is 0.488 e. The number of hydrogen-bond acceptors (Lipinski definition) is 2. The van der Waals surface area contributed by atoms with Crippen LogP contribution in [0.25, 0.3) is 16.9 Å². The number of ether oxygens (including phenoxy) is 1. The molecular weight excluding hydrogens is 478 g/mol. The van der Waals surface area contributed by atoms with Gasteiger partial charge >= 0.3 is 0 Å². The van der Waals surface area contributed by atoms with Gasteiger partial charge in [0.15, 0.2) is 0 Å². The first-order chi connectivity index (χ1) is 15.3. The minimum atomic E-state index is -0.655. The van der Waals surface area contributed by atoms with E-state index in [1.807, 2.05) is 47.9 Å². The molecule has 7 heteroatoms. The molecule has 0 spiro atoms. The lowest BCUT2D eigenvalue weighted by atomic mass is 10.1. The molecule has 4 nitrogen and oxygen atoms in total. The molecule has 0 saturated carbocycles. The van der Waals surface area contributed by atoms with Crippen LogP contribution in [0.15, 0.2) is 77.3 Å². The summed E-state index contributed by atoms with van der Waals surface area (Å²) in [6.07, 6.45) is 0. The zero-order valence-electron chi connectivity index (χ0n) is 17.1. The van der Waals surface area contributed by atoms with Gasteiger partial charge in [-0.25, -0.2) is 8.78 Å². The first kappa shape index (κ1) is 21.8. The lowest BCUT2D eigenvalue weighted by Crippen LogP contribution is -2.11. The summed E-state index contributed by atoms with van der Waals surface area (Å²) in [7, 11) is 0. The van der Waals surface area contributed by atoms with Crippen LogP contribution >= 0.6 is 15.9 Å². The van der Waals surface area contributed by atoms with Crippen molar-refractivity contribution in [3.05, 3.63) is 106 Å². The molecule has 0 radical (unpaired) electrons. The van der Waals surface area contributed by atoms with E-state index >= 15 is 0 Å². The smallest absolute Gasteiger partial charge is 0.248 e. The second kappa shape index (κ2) is 8.96. The van der Waals surface area contributed by atoms with Crippen molar-refractivity contribution in [1.29, 1.82) is 0 Å². The predicted octanol–water partition coefficient (Wildman–Crippen LogP) is 6.17. The third-order valence-electron chi connectivity index (χ3n) is 5.10. The Kier molecular flexibility index (Phi) is 6.10. The highest BCUT2D eigenvalue weighted by molar-refractivity contribution is 9.10. The van der Waals surface area contributed by atoms with Gasteiger partial charge < -0.3 is 15.0 Å². The van der Waals surface area contributed by atoms with Gasteiger partial charge in [-0.05, 0) is 73.7 Å². The summed E-state index contributed by atoms with van der Waals surface area (Å²) in [4.78, 5) is 11.4. The van der Waals surface area contributed by atoms with Crippen molar-refractivity contribution in [1.82, 2.24) is 4.57 Å². The average molecular weight is 497 g/mol. The number of carbonyl (C=O) groups excluding carboxylic acids is 1. The van der Waals surface area contributed by atoms with E-state index in [-0.39, 0.29) is 12.2 Å². The van der Waals surface area contributed by atoms with Crippen LogP contribution in [-0.4, -0.2) is 10.5 Å². The molecule has 2 N–H and O–H groups in total. The summed E-state index contributed by atoms with van der Waals surface area (Å²) in [5, 5.41) is 0. The SMILES string of the molecule is Cc1ccc(-c2cc(Br)ccc2OCc2ccc(F)cc2F)n1-c1ccc(C(N)=O)cc1. The third-order valence-corrected chi connectivity index (χ3v) is 5.60. The van der Waals surface area contributed by atoms with Gasteiger partial charge in [0.2, 0.25) is 5.91 Å². The van der Waals surface area contributed by atoms with Crippen molar-refractivity contribution in [2.75, 3.05) is 0 Å². The topological polar surface area (TPSA) is 57.2 Å². The summed E-state index contributed by atoms with van der Waals surface area (Å²) < 4.78 is 36.1. The van der Waals surface area contributed by atoms with Crippen LogP contribution in [0.2, 0.25) is 0 Å². The van der Waals surface area contributed by atoms with Gasteiger partial charge in [0, 0.05) is 38.6 Å². The number of rotatable bonds is 6. The second-order valence-electron chi connectivity index (χ2n) is 7.27. The maximum absolute atomic E-state index is 14.1. The molecule has 0 aliphatic carbocycles. The molecule has 0 bridgehead atoms. The van der Waals surface area contributed by atoms with Crippen molar-refractivity contribution >= 4 is 21.8 Å². The van der Waals surface area contributed by atoms with Crippen molar-refractivity contribution < 1.29 is 18.3 Å². The molecule has 4 aromatic rings. The van der Waals surface area contributed by atoms with E-state index in [1.165, 1.54) is 12.1 Å². The van der Waals surface area contributed by atoms with Crippen molar-refractivity contribution in [2.45, 2.75) is 13.5 Å². The lowest BCUT2D eigenvalue weighted by molar-refractivity contribution is 0.100. The van der Waals surface area contributed by atoms with E-state index in [0.29, 0.717) is 11.3 Å². The Hall–Kier alpha value is -3.45. The Morgan fingerprint density at radius 2 is 1.75 bits per heavy atom. The van der Waals surface area contributed by atoms with E-state index in [2.05, 4.69) is 15.9 Å². The van der Waals surface area contributed by atoms with Crippen LogP contribution in [0.4, 0.5) is 8.78 Å². The van der Waals surface area contributed by atoms with E-state index in [9.17, 15) is 13.6 Å². The maximum atomic E-state index is 14.1. The maximum Gasteiger partial charge on any atom is 0.248 e. The van der Waals surface area contributed by atoms with E-state index in [4.69, 9.17) is 10.5 Å². The number of hydrogen-bond donors (Lipinski definition) is 1. The van der Waals surface area contributed by atoms with Crippen LogP contribution in [0, 0.1) is 18.6 Å². The van der Waals surface area contributed by atoms with Gasteiger partial charge in [-0.15, -0.1) is 0 Å². The first-order valence-corrected chi connectivity index (χ1v) is 10.6. The fraction of sp³-hybridized carbons (Fsp3) is 0.0800. The standard InChI is InChI=1S/C25H19BrF2N2O2/c1-15-2-10-23(30(15)20-8-4-16(5-9-20)25(29)31)21-12-18(26)6-11-24(21)32-14-17-3-7-19(27)13-22(17)28/h2-13H,14H2,1H3,(H2,29,31). The van der Waals surface area contributed by atoms with Crippen LogP contribution in [-0.2, 0) is 6.61 Å². The number of nitrogens with two attached hydrogens (primary N) is 1. The number of amides is 1.